The summed E-state index contributed by atoms with van der Waals surface area (Å²) < 4.78 is 10.4. The number of anilines is 1. The maximum atomic E-state index is 12.3. The van der Waals surface area contributed by atoms with Gasteiger partial charge in [-0.15, -0.1) is 0 Å². The number of ether oxygens (including phenoxy) is 2. The molecule has 6 heteroatoms. The number of amides is 1. The number of nitrogens with one attached hydrogen (secondary N) is 1. The van der Waals surface area contributed by atoms with Crippen LogP contribution in [0.4, 0.5) is 5.69 Å². The molecule has 1 atom stereocenters. The molecule has 6 nitrogen and oxygen atoms in total. The summed E-state index contributed by atoms with van der Waals surface area (Å²) in [5.41, 5.74) is 2.20. The zero-order chi connectivity index (χ0) is 19.3. The monoisotopic (exact) mass is 355 g/mol. The van der Waals surface area contributed by atoms with Crippen LogP contribution >= 0.6 is 0 Å². The molecule has 0 aromatic heterocycles. The Morgan fingerprint density at radius 3 is 2.27 bits per heavy atom. The van der Waals surface area contributed by atoms with Crippen LogP contribution in [-0.4, -0.2) is 30.9 Å². The van der Waals surface area contributed by atoms with Crippen LogP contribution in [0.25, 0.3) is 0 Å². The lowest BCUT2D eigenvalue weighted by atomic mass is 10.1. The predicted molar refractivity (Wildman–Crippen MR) is 97.7 cm³/mol. The van der Waals surface area contributed by atoms with Crippen molar-refractivity contribution in [3.05, 3.63) is 59.2 Å². The Balaban J connectivity index is 2.03. The van der Waals surface area contributed by atoms with Gasteiger partial charge in [0.25, 0.3) is 5.91 Å². The third kappa shape index (κ3) is 4.69. The number of methoxy groups -OCH3 is 1. The van der Waals surface area contributed by atoms with E-state index in [1.54, 1.807) is 36.4 Å². The zero-order valence-electron chi connectivity index (χ0n) is 15.2. The Hall–Kier alpha value is -3.15. The number of esters is 1. The molecular formula is C20H21NO5. The van der Waals surface area contributed by atoms with Gasteiger partial charge in [0.15, 0.2) is 11.9 Å². The standard InChI is InChI=1S/C20H21NO5/c1-12-5-10-18(25-4)17(11-12)20(24)26-14(3)19(23)21-16-8-6-15(7-9-16)13(2)22/h5-11,14H,1-4H3,(H,21,23)/t14-/m0/s1. The van der Waals surface area contributed by atoms with Gasteiger partial charge < -0.3 is 14.8 Å². The Morgan fingerprint density at radius 2 is 1.69 bits per heavy atom. The molecule has 2 aromatic rings. The van der Waals surface area contributed by atoms with E-state index in [2.05, 4.69) is 5.32 Å². The minimum absolute atomic E-state index is 0.0581. The third-order valence-corrected chi connectivity index (χ3v) is 3.79. The summed E-state index contributed by atoms with van der Waals surface area (Å²) in [4.78, 5) is 35.8. The highest BCUT2D eigenvalue weighted by atomic mass is 16.5. The van der Waals surface area contributed by atoms with Crippen molar-refractivity contribution >= 4 is 23.3 Å². The summed E-state index contributed by atoms with van der Waals surface area (Å²) in [5, 5.41) is 2.65. The molecule has 1 amide bonds. The van der Waals surface area contributed by atoms with Gasteiger partial charge in [0, 0.05) is 11.3 Å². The quantitative estimate of drug-likeness (QED) is 0.634. The molecule has 136 valence electrons. The number of carbonyl (C=O) groups is 3. The number of hydrogen-bond acceptors (Lipinski definition) is 5. The number of ketones is 1. The number of Topliss-reactive ketones (excluding diaryl/α,β-unsaturated/α-hetero) is 1. The highest BCUT2D eigenvalue weighted by Crippen LogP contribution is 2.21. The Kier molecular flexibility index (Phi) is 6.11. The largest absolute Gasteiger partial charge is 0.496 e. The third-order valence-electron chi connectivity index (χ3n) is 3.79. The van der Waals surface area contributed by atoms with Gasteiger partial charge in [-0.1, -0.05) is 11.6 Å². The number of rotatable bonds is 6. The topological polar surface area (TPSA) is 81.7 Å². The van der Waals surface area contributed by atoms with Crippen molar-refractivity contribution in [1.82, 2.24) is 0 Å². The first-order valence-electron chi connectivity index (χ1n) is 8.09. The van der Waals surface area contributed by atoms with Crippen LogP contribution in [0.1, 0.15) is 40.1 Å². The van der Waals surface area contributed by atoms with Crippen molar-refractivity contribution in [3.63, 3.8) is 0 Å². The first-order valence-corrected chi connectivity index (χ1v) is 8.09. The number of carbonyl (C=O) groups excluding carboxylic acids is 3. The van der Waals surface area contributed by atoms with Crippen molar-refractivity contribution in [2.45, 2.75) is 26.9 Å². The van der Waals surface area contributed by atoms with Crippen LogP contribution in [0.15, 0.2) is 42.5 Å². The lowest BCUT2D eigenvalue weighted by molar-refractivity contribution is -0.123. The maximum absolute atomic E-state index is 12.3. The van der Waals surface area contributed by atoms with Crippen molar-refractivity contribution in [3.8, 4) is 5.75 Å². The van der Waals surface area contributed by atoms with Crippen LogP contribution in [0.3, 0.4) is 0 Å². The smallest absolute Gasteiger partial charge is 0.342 e. The van der Waals surface area contributed by atoms with E-state index in [0.717, 1.165) is 5.56 Å². The second-order valence-electron chi connectivity index (χ2n) is 5.87. The normalized spacial score (nSPS) is 11.4. The van der Waals surface area contributed by atoms with E-state index in [4.69, 9.17) is 9.47 Å². The van der Waals surface area contributed by atoms with Crippen molar-refractivity contribution < 1.29 is 23.9 Å². The summed E-state index contributed by atoms with van der Waals surface area (Å²) in [6.07, 6.45) is -1.000. The van der Waals surface area contributed by atoms with Gasteiger partial charge in [-0.25, -0.2) is 4.79 Å². The van der Waals surface area contributed by atoms with Crippen molar-refractivity contribution in [2.75, 3.05) is 12.4 Å². The van der Waals surface area contributed by atoms with E-state index in [1.807, 2.05) is 13.0 Å². The number of benzene rings is 2. The van der Waals surface area contributed by atoms with Gasteiger partial charge in [-0.3, -0.25) is 9.59 Å². The van der Waals surface area contributed by atoms with Gasteiger partial charge in [-0.2, -0.15) is 0 Å². The molecule has 1 N–H and O–H groups in total. The summed E-state index contributed by atoms with van der Waals surface area (Å²) in [6.45, 7) is 4.80. The molecule has 0 fully saturated rings. The molecule has 0 aliphatic heterocycles. The van der Waals surface area contributed by atoms with Gasteiger partial charge in [0.05, 0.1) is 7.11 Å². The molecule has 0 heterocycles. The van der Waals surface area contributed by atoms with E-state index in [0.29, 0.717) is 17.0 Å². The van der Waals surface area contributed by atoms with Crippen LogP contribution in [-0.2, 0) is 9.53 Å². The van der Waals surface area contributed by atoms with Gasteiger partial charge >= 0.3 is 5.97 Å². The van der Waals surface area contributed by atoms with Crippen LogP contribution in [0.2, 0.25) is 0 Å². The van der Waals surface area contributed by atoms with E-state index >= 15 is 0 Å². The number of aryl methyl sites for hydroxylation is 1. The van der Waals surface area contributed by atoms with E-state index in [1.165, 1.54) is 21.0 Å². The summed E-state index contributed by atoms with van der Waals surface area (Å²) >= 11 is 0. The molecule has 0 saturated carbocycles. The Labute approximate surface area is 152 Å². The Bertz CT molecular complexity index is 827. The Morgan fingerprint density at radius 1 is 1.04 bits per heavy atom. The minimum Gasteiger partial charge on any atom is -0.496 e. The average molecular weight is 355 g/mol. The lowest BCUT2D eigenvalue weighted by Crippen LogP contribution is -2.30. The fourth-order valence-corrected chi connectivity index (χ4v) is 2.29. The molecule has 0 aliphatic carbocycles. The second kappa shape index (κ2) is 8.29. The fourth-order valence-electron chi connectivity index (χ4n) is 2.29. The molecule has 0 radical (unpaired) electrons. The average Bonchev–Trinajstić information content (AvgIpc) is 2.61. The maximum Gasteiger partial charge on any atom is 0.342 e. The van der Waals surface area contributed by atoms with Crippen molar-refractivity contribution in [1.29, 1.82) is 0 Å². The molecule has 2 rings (SSSR count). The molecule has 0 bridgehead atoms. The van der Waals surface area contributed by atoms with E-state index in [9.17, 15) is 14.4 Å². The molecule has 26 heavy (non-hydrogen) atoms. The number of hydrogen-bond donors (Lipinski definition) is 1. The second-order valence-corrected chi connectivity index (χ2v) is 5.87. The molecule has 0 aliphatic rings. The predicted octanol–water partition coefficient (Wildman–Crippen LogP) is 3.39. The van der Waals surface area contributed by atoms with Crippen LogP contribution in [0.5, 0.6) is 5.75 Å². The highest BCUT2D eigenvalue weighted by Gasteiger charge is 2.21. The molecular weight excluding hydrogens is 334 g/mol. The van der Waals surface area contributed by atoms with E-state index in [-0.39, 0.29) is 11.3 Å². The van der Waals surface area contributed by atoms with E-state index < -0.39 is 18.0 Å². The summed E-state index contributed by atoms with van der Waals surface area (Å²) in [6, 6.07) is 11.6. The molecule has 2 aromatic carbocycles. The zero-order valence-corrected chi connectivity index (χ0v) is 15.2. The first-order chi connectivity index (χ1) is 12.3. The molecule has 0 saturated heterocycles. The SMILES string of the molecule is COc1ccc(C)cc1C(=O)O[C@@H](C)C(=O)Nc1ccc(C(C)=O)cc1. The van der Waals surface area contributed by atoms with Gasteiger partial charge in [-0.05, 0) is 57.2 Å². The van der Waals surface area contributed by atoms with Gasteiger partial charge in [0.2, 0.25) is 0 Å². The van der Waals surface area contributed by atoms with Gasteiger partial charge in [0.1, 0.15) is 11.3 Å². The van der Waals surface area contributed by atoms with Crippen LogP contribution in [0, 0.1) is 6.92 Å². The van der Waals surface area contributed by atoms with Crippen LogP contribution < -0.4 is 10.1 Å². The first kappa shape index (κ1) is 19.2. The fraction of sp³-hybridized carbons (Fsp3) is 0.250. The van der Waals surface area contributed by atoms with Crippen molar-refractivity contribution in [2.24, 2.45) is 0 Å². The summed E-state index contributed by atoms with van der Waals surface area (Å²) in [5.74, 6) is -0.786. The minimum atomic E-state index is -1.000. The summed E-state index contributed by atoms with van der Waals surface area (Å²) in [7, 11) is 1.46. The highest BCUT2D eigenvalue weighted by molar-refractivity contribution is 5.99. The lowest BCUT2D eigenvalue weighted by Gasteiger charge is -2.15. The molecule has 0 spiro atoms. The molecule has 0 unspecified atom stereocenters.